The molecule has 2 N–H and O–H groups in total. The zero-order valence-electron chi connectivity index (χ0n) is 10.4. The van der Waals surface area contributed by atoms with Crippen LogP contribution in [0.25, 0.3) is 11.3 Å². The molecule has 2 aromatic rings. The van der Waals surface area contributed by atoms with Crippen molar-refractivity contribution >= 4 is 5.97 Å². The van der Waals surface area contributed by atoms with Gasteiger partial charge in [0, 0.05) is 5.56 Å². The molecule has 96 valence electrons. The van der Waals surface area contributed by atoms with Crippen LogP contribution in [0, 0.1) is 0 Å². The number of aromatic amines is 1. The zero-order valence-corrected chi connectivity index (χ0v) is 10.4. The van der Waals surface area contributed by atoms with E-state index in [2.05, 4.69) is 11.9 Å². The van der Waals surface area contributed by atoms with Gasteiger partial charge in [0.15, 0.2) is 0 Å². The summed E-state index contributed by atoms with van der Waals surface area (Å²) in [6.07, 6.45) is 0.739. The summed E-state index contributed by atoms with van der Waals surface area (Å²) in [7, 11) is 0. The average Bonchev–Trinajstić information content (AvgIpc) is 2.39. The molecule has 0 fully saturated rings. The number of carboxylic acids is 1. The number of benzene rings is 1. The minimum atomic E-state index is -1.18. The average molecular weight is 255 g/mol. The van der Waals surface area contributed by atoms with Gasteiger partial charge >= 0.3 is 5.97 Å². The minimum absolute atomic E-state index is 0.190. The molecule has 4 heteroatoms. The lowest BCUT2D eigenvalue weighted by Gasteiger charge is -2.24. The Hall–Kier alpha value is -2.36. The number of hydrogen-bond donors (Lipinski definition) is 2. The van der Waals surface area contributed by atoms with E-state index in [4.69, 9.17) is 5.11 Å². The molecule has 1 heterocycles. The molecule has 1 aliphatic carbocycles. The summed E-state index contributed by atoms with van der Waals surface area (Å²) in [5.41, 5.74) is 3.09. The second kappa shape index (κ2) is 4.09. The first-order valence-corrected chi connectivity index (χ1v) is 6.16. The maximum absolute atomic E-state index is 11.8. The van der Waals surface area contributed by atoms with Crippen molar-refractivity contribution in [2.45, 2.75) is 19.3 Å². The van der Waals surface area contributed by atoms with E-state index in [1.807, 2.05) is 24.3 Å². The van der Waals surface area contributed by atoms with Crippen molar-refractivity contribution in [2.24, 2.45) is 0 Å². The molecule has 3 rings (SSSR count). The van der Waals surface area contributed by atoms with Gasteiger partial charge in [0.05, 0.1) is 5.69 Å². The van der Waals surface area contributed by atoms with Crippen molar-refractivity contribution in [3.8, 4) is 11.3 Å². The van der Waals surface area contributed by atoms with Gasteiger partial charge in [-0.25, -0.2) is 4.79 Å². The second-order valence-corrected chi connectivity index (χ2v) is 4.91. The maximum Gasteiger partial charge on any atom is 0.341 e. The van der Waals surface area contributed by atoms with Crippen molar-refractivity contribution in [2.75, 3.05) is 0 Å². The van der Waals surface area contributed by atoms with E-state index in [9.17, 15) is 9.59 Å². The summed E-state index contributed by atoms with van der Waals surface area (Å²) in [5.74, 6) is -0.869. The highest BCUT2D eigenvalue weighted by Gasteiger charge is 2.24. The molecule has 0 saturated carbocycles. The third-order valence-electron chi connectivity index (χ3n) is 3.64. The van der Waals surface area contributed by atoms with Crippen LogP contribution >= 0.6 is 0 Å². The van der Waals surface area contributed by atoms with Gasteiger partial charge in [0.2, 0.25) is 0 Å². The highest BCUT2D eigenvalue weighted by Crippen LogP contribution is 2.37. The molecular formula is C15H13NO3. The Balaban J connectivity index is 2.29. The molecule has 1 aromatic carbocycles. The number of nitrogens with one attached hydrogen (secondary N) is 1. The Morgan fingerprint density at radius 1 is 1.37 bits per heavy atom. The van der Waals surface area contributed by atoms with Gasteiger partial charge in [0.25, 0.3) is 5.56 Å². The molecule has 0 radical (unpaired) electrons. The standard InChI is InChI=1S/C15H13NO3/c1-8-6-9-7-12(15(18)19)14(17)16-13(9)11-5-3-2-4-10(8)11/h2-5,7-8H,6H2,1H3,(H,16,17)(H,18,19). The van der Waals surface area contributed by atoms with Gasteiger partial charge in [-0.3, -0.25) is 4.79 Å². The molecule has 4 nitrogen and oxygen atoms in total. The lowest BCUT2D eigenvalue weighted by molar-refractivity contribution is 0.0695. The van der Waals surface area contributed by atoms with Gasteiger partial charge in [-0.1, -0.05) is 31.2 Å². The Labute approximate surface area is 109 Å². The van der Waals surface area contributed by atoms with Crippen LogP contribution in [0.4, 0.5) is 0 Å². The lowest BCUT2D eigenvalue weighted by Crippen LogP contribution is -2.22. The first-order chi connectivity index (χ1) is 9.08. The van der Waals surface area contributed by atoms with Gasteiger partial charge < -0.3 is 10.1 Å². The number of carbonyl (C=O) groups is 1. The number of aromatic carboxylic acids is 1. The number of rotatable bonds is 1. The smallest absolute Gasteiger partial charge is 0.341 e. The topological polar surface area (TPSA) is 70.2 Å². The van der Waals surface area contributed by atoms with E-state index in [1.165, 1.54) is 11.6 Å². The fraction of sp³-hybridized carbons (Fsp3) is 0.200. The Morgan fingerprint density at radius 3 is 2.84 bits per heavy atom. The predicted octanol–water partition coefficient (Wildman–Crippen LogP) is 2.40. The summed E-state index contributed by atoms with van der Waals surface area (Å²) in [6, 6.07) is 9.41. The predicted molar refractivity (Wildman–Crippen MR) is 71.6 cm³/mol. The molecule has 0 amide bonds. The van der Waals surface area contributed by atoms with Crippen molar-refractivity contribution in [3.05, 3.63) is 57.4 Å². The molecule has 0 saturated heterocycles. The number of hydrogen-bond acceptors (Lipinski definition) is 2. The molecule has 0 bridgehead atoms. The van der Waals surface area contributed by atoms with E-state index < -0.39 is 11.5 Å². The number of H-pyrrole nitrogens is 1. The van der Waals surface area contributed by atoms with E-state index in [1.54, 1.807) is 0 Å². The Kier molecular flexibility index (Phi) is 2.52. The highest BCUT2D eigenvalue weighted by molar-refractivity contribution is 5.88. The normalized spacial score (nSPS) is 16.6. The summed E-state index contributed by atoms with van der Waals surface area (Å²) in [6.45, 7) is 2.10. The van der Waals surface area contributed by atoms with Crippen LogP contribution in [0.5, 0.6) is 0 Å². The highest BCUT2D eigenvalue weighted by atomic mass is 16.4. The summed E-state index contributed by atoms with van der Waals surface area (Å²) in [4.78, 5) is 25.5. The third kappa shape index (κ3) is 1.76. The summed E-state index contributed by atoms with van der Waals surface area (Å²) in [5, 5.41) is 9.01. The maximum atomic E-state index is 11.8. The SMILES string of the molecule is CC1Cc2cc(C(=O)O)c(=O)[nH]c2-c2ccccc21. The van der Waals surface area contributed by atoms with Crippen molar-refractivity contribution in [1.29, 1.82) is 0 Å². The molecule has 1 atom stereocenters. The summed E-state index contributed by atoms with van der Waals surface area (Å²) >= 11 is 0. The van der Waals surface area contributed by atoms with Gasteiger partial charge in [-0.2, -0.15) is 0 Å². The second-order valence-electron chi connectivity index (χ2n) is 4.91. The number of carboxylic acid groups (broad SMARTS) is 1. The monoisotopic (exact) mass is 255 g/mol. The van der Waals surface area contributed by atoms with Crippen LogP contribution in [-0.2, 0) is 6.42 Å². The Morgan fingerprint density at radius 2 is 2.11 bits per heavy atom. The largest absolute Gasteiger partial charge is 0.477 e. The van der Waals surface area contributed by atoms with Crippen LogP contribution in [0.1, 0.15) is 34.3 Å². The fourth-order valence-electron chi connectivity index (χ4n) is 2.73. The Bertz CT molecular complexity index is 730. The van der Waals surface area contributed by atoms with Gasteiger partial charge in [0.1, 0.15) is 5.56 Å². The molecular weight excluding hydrogens is 242 g/mol. The van der Waals surface area contributed by atoms with E-state index in [0.717, 1.165) is 23.2 Å². The van der Waals surface area contributed by atoms with Crippen LogP contribution in [0.3, 0.4) is 0 Å². The van der Waals surface area contributed by atoms with E-state index in [0.29, 0.717) is 5.92 Å². The lowest BCUT2D eigenvalue weighted by atomic mass is 9.82. The first-order valence-electron chi connectivity index (χ1n) is 6.16. The molecule has 1 aliphatic rings. The number of fused-ring (bicyclic) bond motifs is 3. The van der Waals surface area contributed by atoms with E-state index in [-0.39, 0.29) is 5.56 Å². The molecule has 0 spiro atoms. The van der Waals surface area contributed by atoms with Gasteiger partial charge in [-0.05, 0) is 29.5 Å². The molecule has 1 aromatic heterocycles. The summed E-state index contributed by atoms with van der Waals surface area (Å²) < 4.78 is 0. The van der Waals surface area contributed by atoms with Gasteiger partial charge in [-0.15, -0.1) is 0 Å². The first kappa shape index (κ1) is 11.7. The number of pyridine rings is 1. The molecule has 1 unspecified atom stereocenters. The third-order valence-corrected chi connectivity index (χ3v) is 3.64. The van der Waals surface area contributed by atoms with E-state index >= 15 is 0 Å². The van der Waals surface area contributed by atoms with Crippen LogP contribution in [-0.4, -0.2) is 16.1 Å². The van der Waals surface area contributed by atoms with Crippen LogP contribution in [0.2, 0.25) is 0 Å². The van der Waals surface area contributed by atoms with Crippen molar-refractivity contribution < 1.29 is 9.90 Å². The fourth-order valence-corrected chi connectivity index (χ4v) is 2.73. The zero-order chi connectivity index (χ0) is 13.6. The molecule has 0 aliphatic heterocycles. The van der Waals surface area contributed by atoms with Crippen molar-refractivity contribution in [3.63, 3.8) is 0 Å². The molecule has 19 heavy (non-hydrogen) atoms. The van der Waals surface area contributed by atoms with Crippen LogP contribution < -0.4 is 5.56 Å². The quantitative estimate of drug-likeness (QED) is 0.822. The van der Waals surface area contributed by atoms with Crippen molar-refractivity contribution in [1.82, 2.24) is 4.98 Å². The van der Waals surface area contributed by atoms with Crippen LogP contribution in [0.15, 0.2) is 35.1 Å². The number of aromatic nitrogens is 1. The minimum Gasteiger partial charge on any atom is -0.477 e.